The smallest absolute Gasteiger partial charge is 0.350 e. The van der Waals surface area contributed by atoms with E-state index in [0.717, 1.165) is 6.92 Å². The van der Waals surface area contributed by atoms with Crippen molar-refractivity contribution in [3.63, 3.8) is 0 Å². The zero-order valence-electron chi connectivity index (χ0n) is 57.4. The van der Waals surface area contributed by atoms with Crippen molar-refractivity contribution in [3.8, 4) is 0 Å². The van der Waals surface area contributed by atoms with Crippen molar-refractivity contribution in [1.82, 2.24) is 10.6 Å². The summed E-state index contributed by atoms with van der Waals surface area (Å²) < 4.78 is 63.3. The van der Waals surface area contributed by atoms with E-state index in [9.17, 15) is 69.3 Å². The highest BCUT2D eigenvalue weighted by atomic mass is 16.7. The highest BCUT2D eigenvalue weighted by Gasteiger charge is 2.77. The van der Waals surface area contributed by atoms with Crippen molar-refractivity contribution in [2.75, 3.05) is 73.1 Å². The van der Waals surface area contributed by atoms with Gasteiger partial charge in [-0.15, -0.1) is 0 Å². The molecule has 3 aromatic carbocycles. The lowest BCUT2D eigenvalue weighted by molar-refractivity contribution is -0.264. The third-order valence-corrected chi connectivity index (χ3v) is 19.5. The zero-order chi connectivity index (χ0) is 73.3. The van der Waals surface area contributed by atoms with Crippen molar-refractivity contribution in [1.29, 1.82) is 0 Å². The Morgan fingerprint density at radius 3 is 1.82 bits per heavy atom. The lowest BCUT2D eigenvalue weighted by Gasteiger charge is -2.68. The molecule has 4 aliphatic carbocycles. The van der Waals surface area contributed by atoms with Crippen LogP contribution in [0.3, 0.4) is 0 Å². The van der Waals surface area contributed by atoms with Crippen LogP contribution in [0.2, 0.25) is 0 Å². The number of benzene rings is 3. The number of nitrogens with one attached hydrogen (secondary N) is 2. The van der Waals surface area contributed by atoms with Gasteiger partial charge in [0.1, 0.15) is 55.0 Å². The molecule has 7 rings (SSSR count). The van der Waals surface area contributed by atoms with Gasteiger partial charge in [0.2, 0.25) is 12.0 Å². The molecule has 3 fully saturated rings. The maximum atomic E-state index is 15.9. The largest absolute Gasteiger partial charge is 0.463 e. The number of aliphatic hydroxyl groups excluding tert-OH is 6. The number of hydrogen-bond donors (Lipinski definition) is 9. The molecule has 0 saturated heterocycles. The first kappa shape index (κ1) is 79.8. The van der Waals surface area contributed by atoms with Crippen LogP contribution in [0, 0.1) is 34.0 Å². The molecule has 550 valence electrons. The Morgan fingerprint density at radius 1 is 0.680 bits per heavy atom. The second kappa shape index (κ2) is 35.9. The molecule has 0 heterocycles. The van der Waals surface area contributed by atoms with Crippen molar-refractivity contribution in [2.45, 2.75) is 160 Å². The van der Waals surface area contributed by atoms with Gasteiger partial charge in [-0.1, -0.05) is 87.5 Å². The Labute approximate surface area is 579 Å². The van der Waals surface area contributed by atoms with Crippen molar-refractivity contribution in [2.24, 2.45) is 34.0 Å². The quantitative estimate of drug-likeness (QED) is 0.0173. The summed E-state index contributed by atoms with van der Waals surface area (Å²) in [7, 11) is 1.28. The van der Waals surface area contributed by atoms with E-state index in [1.54, 1.807) is 61.5 Å². The molecule has 0 spiro atoms. The number of methoxy groups -OCH3 is 1. The normalized spacial score (nSPS) is 26.1. The van der Waals surface area contributed by atoms with Crippen molar-refractivity contribution in [3.05, 3.63) is 119 Å². The number of amides is 2. The first-order valence-corrected chi connectivity index (χ1v) is 33.1. The molecule has 3 aromatic rings. The van der Waals surface area contributed by atoms with E-state index in [1.165, 1.54) is 78.1 Å². The number of hydrogen-bond acceptors (Lipinski definition) is 27. The fraction of sp³-hybridized carbons (Fsp3) is 0.592. The van der Waals surface area contributed by atoms with Crippen LogP contribution in [0.5, 0.6) is 0 Å². The summed E-state index contributed by atoms with van der Waals surface area (Å²) >= 11 is 0. The van der Waals surface area contributed by atoms with E-state index >= 15 is 9.59 Å². The number of fused-ring (bicyclic) bond motifs is 5. The van der Waals surface area contributed by atoms with Gasteiger partial charge in [0.25, 0.3) is 5.91 Å². The SMILES string of the molecule is COC(CO)OCC(CO)OC(CO)OCC(COC(=O)CCC(=O)NCC(=O)O[C@@H](C(=O)O[C@H]1C[C@@]2(O)[C@@H](OC(=O)c3ccccc3)C3[C@](C)(C(=O)[C@H](OC(C)=O)C(=C1C)C2(C)C)[C@@H](O)C[C@H]1CC[C@@]31C(C)=O)[C@@H](NC(=O)c1ccccc1)c1ccccc1)OC(CO)OCC(C)CO. The van der Waals surface area contributed by atoms with Gasteiger partial charge in [0, 0.05) is 61.7 Å². The van der Waals surface area contributed by atoms with Gasteiger partial charge in [-0.25, -0.2) is 9.59 Å². The molecule has 29 nitrogen and oxygen atoms in total. The van der Waals surface area contributed by atoms with E-state index in [-0.39, 0.29) is 66.4 Å². The summed E-state index contributed by atoms with van der Waals surface area (Å²) in [4.78, 5) is 129. The van der Waals surface area contributed by atoms with Crippen LogP contribution in [-0.2, 0) is 85.7 Å². The number of ether oxygens (including phenoxy) is 11. The minimum absolute atomic E-state index is 0.0237. The van der Waals surface area contributed by atoms with Crippen LogP contribution in [0.4, 0.5) is 0 Å². The minimum Gasteiger partial charge on any atom is -0.463 e. The Hall–Kier alpha value is -7.49. The number of ketones is 2. The van der Waals surface area contributed by atoms with E-state index in [1.807, 2.05) is 0 Å². The topological polar surface area (TPSA) is 421 Å². The number of Topliss-reactive ketones (excluding diaryl/α,β-unsaturated/α-hetero) is 2. The fourth-order valence-corrected chi connectivity index (χ4v) is 13.9. The van der Waals surface area contributed by atoms with Gasteiger partial charge in [-0.2, -0.15) is 0 Å². The summed E-state index contributed by atoms with van der Waals surface area (Å²) in [6.45, 7) is 4.68. The zero-order valence-corrected chi connectivity index (χ0v) is 57.4. The third-order valence-electron chi connectivity index (χ3n) is 19.5. The molecule has 0 aliphatic heterocycles. The summed E-state index contributed by atoms with van der Waals surface area (Å²) in [5.41, 5.74) is -7.59. The van der Waals surface area contributed by atoms with E-state index in [4.69, 9.17) is 52.1 Å². The molecule has 17 atom stereocenters. The summed E-state index contributed by atoms with van der Waals surface area (Å²) in [6.07, 6.45) is -16.7. The van der Waals surface area contributed by atoms with Gasteiger partial charge in [0.15, 0.2) is 30.8 Å². The van der Waals surface area contributed by atoms with E-state index in [2.05, 4.69) is 10.6 Å². The highest BCUT2D eigenvalue weighted by Crippen LogP contribution is 2.70. The van der Waals surface area contributed by atoms with Crippen LogP contribution in [0.15, 0.2) is 102 Å². The number of aliphatic hydroxyl groups is 7. The molecule has 29 heteroatoms. The van der Waals surface area contributed by atoms with E-state index in [0.29, 0.717) is 6.42 Å². The molecule has 100 heavy (non-hydrogen) atoms. The van der Waals surface area contributed by atoms with Gasteiger partial charge in [-0.05, 0) is 86.9 Å². The molecule has 0 radical (unpaired) electrons. The number of rotatable bonds is 37. The molecular formula is C71H94N2O27. The molecule has 2 amide bonds. The second-order valence-electron chi connectivity index (χ2n) is 26.3. The monoisotopic (exact) mass is 1410 g/mol. The van der Waals surface area contributed by atoms with Crippen LogP contribution in [0.1, 0.15) is 119 Å². The number of carbonyl (C=O) groups excluding carboxylic acids is 9. The highest BCUT2D eigenvalue weighted by molar-refractivity contribution is 5.98. The molecular weight excluding hydrogens is 1310 g/mol. The summed E-state index contributed by atoms with van der Waals surface area (Å²) in [6, 6.07) is 21.7. The summed E-state index contributed by atoms with van der Waals surface area (Å²) in [5.74, 6) is -11.0. The molecule has 4 aliphatic rings. The van der Waals surface area contributed by atoms with Crippen LogP contribution in [0.25, 0.3) is 0 Å². The third kappa shape index (κ3) is 18.4. The fourth-order valence-electron chi connectivity index (χ4n) is 13.9. The van der Waals surface area contributed by atoms with Crippen LogP contribution in [-0.4, -0.2) is 229 Å². The first-order valence-electron chi connectivity index (χ1n) is 33.1. The Bertz CT molecular complexity index is 3310. The predicted molar refractivity (Wildman–Crippen MR) is 347 cm³/mol. The lowest BCUT2D eigenvalue weighted by Crippen LogP contribution is -2.77. The number of esters is 5. The van der Waals surface area contributed by atoms with Crippen LogP contribution >= 0.6 is 0 Å². The summed E-state index contributed by atoms with van der Waals surface area (Å²) in [5, 5.41) is 80.5. The van der Waals surface area contributed by atoms with Gasteiger partial charge in [-0.3, -0.25) is 33.6 Å². The minimum atomic E-state index is -2.51. The standard InChI is InChI=1S/C71H94N2O27/c1-40(31-74)36-92-56(34-77)97-49(39-94-57(35-78)96-48(32-75)37-93-55(33-76)90-8)38-91-53(83)25-24-52(82)72-30-54(84)99-61(59(44-18-12-9-13-19-44)73-65(86)45-20-14-10-15-21-45)67(88)98-50-29-71(89)64(100-66(87)46-22-16-11-17-23-46)62-69(7,51(81)28-47-26-27-70(47,62)42(3)79)63(85)60(95-43(4)80)58(41(50)2)68(71,5)6/h9-23,40,47-51,55-57,59-62,64,74-78,81,89H,24-39H2,1-8H3,(H,72,82)(H,73,86)/t40?,47-,48?,49?,50+,51+,55?,56?,57?,59+,60-,61-,62?,64+,69-,70+,71-/m1/s1. The van der Waals surface area contributed by atoms with Gasteiger partial charge >= 0.3 is 29.8 Å². The molecule has 9 N–H and O–H groups in total. The van der Waals surface area contributed by atoms with Gasteiger partial charge in [0.05, 0.1) is 69.8 Å². The maximum Gasteiger partial charge on any atom is 0.350 e. The Kier molecular flexibility index (Phi) is 28.7. The van der Waals surface area contributed by atoms with E-state index < -0.39 is 220 Å². The lowest BCUT2D eigenvalue weighted by atomic mass is 9.36. The second-order valence-corrected chi connectivity index (χ2v) is 26.3. The van der Waals surface area contributed by atoms with Crippen LogP contribution < -0.4 is 10.6 Å². The molecule has 7 unspecified atom stereocenters. The Balaban J connectivity index is 1.17. The maximum absolute atomic E-state index is 15.9. The molecule has 3 saturated carbocycles. The average Bonchev–Trinajstić information content (AvgIpc) is 0.667. The molecule has 0 aromatic heterocycles. The van der Waals surface area contributed by atoms with Crippen molar-refractivity contribution >= 4 is 53.2 Å². The van der Waals surface area contributed by atoms with Crippen molar-refractivity contribution < 1.29 is 131 Å². The Morgan fingerprint density at radius 2 is 1.26 bits per heavy atom. The number of carbonyl (C=O) groups is 9. The molecule has 2 bridgehead atoms. The average molecular weight is 1410 g/mol. The first-order chi connectivity index (χ1) is 47.6. The van der Waals surface area contributed by atoms with Gasteiger partial charge < -0.3 is 98.5 Å². The predicted octanol–water partition coefficient (Wildman–Crippen LogP) is 2.05.